The first-order chi connectivity index (χ1) is 5.33. The fourth-order valence-electron chi connectivity index (χ4n) is 1.35. The van der Waals surface area contributed by atoms with Gasteiger partial charge in [0, 0.05) is 0 Å². The van der Waals surface area contributed by atoms with Crippen molar-refractivity contribution in [2.45, 2.75) is 32.1 Å². The largest absolute Gasteiger partial charge is 0.347 e. The highest BCUT2D eigenvalue weighted by Crippen LogP contribution is 2.22. The average Bonchev–Trinajstić information content (AvgIpc) is 2.06. The molecule has 0 heterocycles. The van der Waals surface area contributed by atoms with Crippen LogP contribution in [-0.2, 0) is 4.79 Å². The Morgan fingerprint density at radius 1 is 1.36 bits per heavy atom. The van der Waals surface area contributed by atoms with Gasteiger partial charge in [-0.05, 0) is 12.8 Å². The first-order valence-electron chi connectivity index (χ1n) is 4.17. The van der Waals surface area contributed by atoms with Gasteiger partial charge in [-0.2, -0.15) is 0 Å². The Hall–Kier alpha value is -0.570. The zero-order chi connectivity index (χ0) is 8.10. The van der Waals surface area contributed by atoms with Gasteiger partial charge in [-0.25, -0.2) is 0 Å². The standard InChI is InChI=1S/C8H15N2O/c9-6-8(11)10-7-4-2-1-3-5-7/h1-6,9H2,(H,10,11). The van der Waals surface area contributed by atoms with Crippen LogP contribution in [0.4, 0.5) is 0 Å². The highest BCUT2D eigenvalue weighted by atomic mass is 16.1. The normalized spacial score (nSPS) is 19.7. The van der Waals surface area contributed by atoms with Gasteiger partial charge in [0.25, 0.3) is 0 Å². The van der Waals surface area contributed by atoms with Gasteiger partial charge >= 0.3 is 0 Å². The zero-order valence-electron chi connectivity index (χ0n) is 6.73. The quantitative estimate of drug-likeness (QED) is 0.612. The molecule has 1 saturated carbocycles. The number of carbonyl (C=O) groups excluding carboxylic acids is 1. The van der Waals surface area contributed by atoms with Crippen LogP contribution >= 0.6 is 0 Å². The molecule has 1 amide bonds. The molecule has 1 aliphatic carbocycles. The predicted molar refractivity (Wildman–Crippen MR) is 43.5 cm³/mol. The fourth-order valence-corrected chi connectivity index (χ4v) is 1.35. The molecular weight excluding hydrogens is 140 g/mol. The van der Waals surface area contributed by atoms with Crippen LogP contribution in [0.3, 0.4) is 0 Å². The highest BCUT2D eigenvalue weighted by molar-refractivity contribution is 5.78. The Kier molecular flexibility index (Phi) is 3.36. The third-order valence-electron chi connectivity index (χ3n) is 1.96. The summed E-state index contributed by atoms with van der Waals surface area (Å²) in [4.78, 5) is 10.8. The minimum Gasteiger partial charge on any atom is -0.347 e. The van der Waals surface area contributed by atoms with E-state index < -0.39 is 0 Å². The Bertz CT molecular complexity index is 130. The molecule has 0 aromatic heterocycles. The lowest BCUT2D eigenvalue weighted by Gasteiger charge is -2.21. The third-order valence-corrected chi connectivity index (χ3v) is 1.96. The van der Waals surface area contributed by atoms with Gasteiger partial charge in [0.2, 0.25) is 5.91 Å². The van der Waals surface area contributed by atoms with Gasteiger partial charge in [0.1, 0.15) is 0 Å². The molecule has 1 fully saturated rings. The van der Waals surface area contributed by atoms with E-state index in [0.29, 0.717) is 0 Å². The molecule has 0 aliphatic heterocycles. The van der Waals surface area contributed by atoms with E-state index in [1.807, 2.05) is 0 Å². The molecule has 0 unspecified atom stereocenters. The van der Waals surface area contributed by atoms with Crippen LogP contribution in [0.5, 0.6) is 0 Å². The highest BCUT2D eigenvalue weighted by Gasteiger charge is 2.15. The van der Waals surface area contributed by atoms with Crippen molar-refractivity contribution in [2.75, 3.05) is 6.54 Å². The lowest BCUT2D eigenvalue weighted by Crippen LogP contribution is -2.34. The summed E-state index contributed by atoms with van der Waals surface area (Å²) in [5, 5.41) is 2.82. The number of rotatable bonds is 2. The number of hydrogen-bond acceptors (Lipinski definition) is 2. The molecular formula is C8H15N2O. The number of carbonyl (C=O) groups is 1. The van der Waals surface area contributed by atoms with Crippen molar-refractivity contribution < 1.29 is 4.79 Å². The van der Waals surface area contributed by atoms with Gasteiger partial charge in [0.15, 0.2) is 0 Å². The summed E-state index contributed by atoms with van der Waals surface area (Å²) in [5.41, 5.74) is 5.16. The minimum absolute atomic E-state index is 0.0538. The minimum atomic E-state index is -0.0538. The molecule has 63 valence electrons. The summed E-state index contributed by atoms with van der Waals surface area (Å²) in [6.07, 6.45) is 5.81. The Morgan fingerprint density at radius 3 is 2.55 bits per heavy atom. The Balaban J connectivity index is 2.19. The Labute approximate surface area is 67.3 Å². The van der Waals surface area contributed by atoms with Gasteiger partial charge in [-0.1, -0.05) is 19.3 Å². The molecule has 1 radical (unpaired) electrons. The van der Waals surface area contributed by atoms with Crippen LogP contribution in [0.2, 0.25) is 0 Å². The summed E-state index contributed by atoms with van der Waals surface area (Å²) in [7, 11) is 0. The van der Waals surface area contributed by atoms with E-state index in [-0.39, 0.29) is 12.5 Å². The fraction of sp³-hybridized carbons (Fsp3) is 0.750. The van der Waals surface area contributed by atoms with Crippen LogP contribution in [0, 0.1) is 6.04 Å². The number of hydrogen-bond donors (Lipinski definition) is 2. The monoisotopic (exact) mass is 155 g/mol. The van der Waals surface area contributed by atoms with Gasteiger partial charge < -0.3 is 11.1 Å². The second-order valence-electron chi connectivity index (χ2n) is 2.92. The van der Waals surface area contributed by atoms with Crippen LogP contribution in [0.1, 0.15) is 32.1 Å². The van der Waals surface area contributed by atoms with Gasteiger partial charge in [0.05, 0.1) is 12.6 Å². The predicted octanol–water partition coefficient (Wildman–Crippen LogP) is 0.557. The van der Waals surface area contributed by atoms with Gasteiger partial charge in [-0.3, -0.25) is 4.79 Å². The molecule has 0 atom stereocenters. The smallest absolute Gasteiger partial charge is 0.234 e. The molecule has 3 nitrogen and oxygen atoms in total. The summed E-state index contributed by atoms with van der Waals surface area (Å²) in [6.45, 7) is 0.101. The summed E-state index contributed by atoms with van der Waals surface area (Å²) in [6, 6.07) is 1.17. The second kappa shape index (κ2) is 4.34. The van der Waals surface area contributed by atoms with Crippen molar-refractivity contribution in [3.63, 3.8) is 0 Å². The first kappa shape index (κ1) is 8.53. The van der Waals surface area contributed by atoms with Crippen molar-refractivity contribution >= 4 is 5.91 Å². The first-order valence-corrected chi connectivity index (χ1v) is 4.17. The number of nitrogens with one attached hydrogen (secondary N) is 1. The van der Waals surface area contributed by atoms with Crippen molar-refractivity contribution in [1.82, 2.24) is 5.32 Å². The molecule has 0 bridgehead atoms. The van der Waals surface area contributed by atoms with Crippen LogP contribution in [-0.4, -0.2) is 12.5 Å². The molecule has 1 rings (SSSR count). The molecule has 3 N–H and O–H groups in total. The molecule has 3 heteroatoms. The Morgan fingerprint density at radius 2 is 2.00 bits per heavy atom. The van der Waals surface area contributed by atoms with E-state index in [4.69, 9.17) is 5.73 Å². The second-order valence-corrected chi connectivity index (χ2v) is 2.92. The maximum absolute atomic E-state index is 10.8. The van der Waals surface area contributed by atoms with Crippen LogP contribution in [0.25, 0.3) is 0 Å². The van der Waals surface area contributed by atoms with Crippen LogP contribution < -0.4 is 11.1 Å². The molecule has 11 heavy (non-hydrogen) atoms. The topological polar surface area (TPSA) is 55.1 Å². The van der Waals surface area contributed by atoms with Crippen LogP contribution in [0.15, 0.2) is 0 Å². The van der Waals surface area contributed by atoms with Crippen molar-refractivity contribution in [1.29, 1.82) is 0 Å². The maximum Gasteiger partial charge on any atom is 0.234 e. The van der Waals surface area contributed by atoms with Crippen molar-refractivity contribution in [3.05, 3.63) is 6.04 Å². The van der Waals surface area contributed by atoms with Crippen molar-refractivity contribution in [2.24, 2.45) is 5.73 Å². The molecule has 0 spiro atoms. The summed E-state index contributed by atoms with van der Waals surface area (Å²) in [5.74, 6) is -0.0538. The van der Waals surface area contributed by atoms with E-state index in [1.165, 1.54) is 25.3 Å². The van der Waals surface area contributed by atoms with E-state index in [0.717, 1.165) is 12.8 Å². The SMILES string of the molecule is NCC(=O)N[C]1CCCCC1. The third kappa shape index (κ3) is 2.89. The van der Waals surface area contributed by atoms with Crippen molar-refractivity contribution in [3.8, 4) is 0 Å². The van der Waals surface area contributed by atoms with E-state index in [9.17, 15) is 4.79 Å². The van der Waals surface area contributed by atoms with E-state index >= 15 is 0 Å². The molecule has 0 saturated heterocycles. The van der Waals surface area contributed by atoms with E-state index in [2.05, 4.69) is 5.32 Å². The summed E-state index contributed by atoms with van der Waals surface area (Å²) >= 11 is 0. The number of amides is 1. The number of nitrogens with two attached hydrogens (primary N) is 1. The lowest BCUT2D eigenvalue weighted by atomic mass is 9.95. The molecule has 0 aromatic carbocycles. The average molecular weight is 155 g/mol. The lowest BCUT2D eigenvalue weighted by molar-refractivity contribution is -0.119. The molecule has 0 aromatic rings. The zero-order valence-corrected chi connectivity index (χ0v) is 6.73. The molecule has 1 aliphatic rings. The maximum atomic E-state index is 10.8. The van der Waals surface area contributed by atoms with E-state index in [1.54, 1.807) is 0 Å². The van der Waals surface area contributed by atoms with Gasteiger partial charge in [-0.15, -0.1) is 0 Å². The summed E-state index contributed by atoms with van der Waals surface area (Å²) < 4.78 is 0.